The Hall–Kier alpha value is -1.65. The highest BCUT2D eigenvalue weighted by Crippen LogP contribution is 2.49. The highest BCUT2D eigenvalue weighted by Gasteiger charge is 2.52. The Morgan fingerprint density at radius 2 is 1.26 bits per heavy atom. The zero-order chi connectivity index (χ0) is 28.6. The van der Waals surface area contributed by atoms with Crippen LogP contribution in [0.4, 0.5) is 17.6 Å². The second-order valence-electron chi connectivity index (χ2n) is 12.9. The van der Waals surface area contributed by atoms with Gasteiger partial charge in [-0.3, -0.25) is 0 Å². The number of hydrogen-bond donors (Lipinski definition) is 5. The maximum Gasteiger partial charge on any atom is 0.253 e. The van der Waals surface area contributed by atoms with E-state index in [9.17, 15) is 14.2 Å². The molecule has 2 atom stereocenters. The minimum absolute atomic E-state index is 0.265. The molecule has 7 heterocycles. The molecule has 7 aliphatic rings. The van der Waals surface area contributed by atoms with E-state index in [-0.39, 0.29) is 11.4 Å². The van der Waals surface area contributed by atoms with Gasteiger partial charge >= 0.3 is 0 Å². The number of hydrogen-bond acceptors (Lipinski definition) is 12. The Morgan fingerprint density at radius 1 is 0.762 bits per heavy atom. The fourth-order valence-electron chi connectivity index (χ4n) is 7.15. The van der Waals surface area contributed by atoms with E-state index in [2.05, 4.69) is 30.6 Å². The quantitative estimate of drug-likeness (QED) is 0.240. The number of nitrogens with one attached hydrogen (secondary N) is 2. The van der Waals surface area contributed by atoms with Crippen molar-refractivity contribution in [3.63, 3.8) is 0 Å². The lowest BCUT2D eigenvalue weighted by molar-refractivity contribution is -0.159. The molecule has 2 saturated carbocycles. The van der Waals surface area contributed by atoms with Gasteiger partial charge < -0.3 is 30.1 Å². The molecule has 2 aromatic heterocycles. The Labute approximate surface area is 255 Å². The first-order valence-electron chi connectivity index (χ1n) is 14.7. The van der Waals surface area contributed by atoms with Gasteiger partial charge in [-0.25, -0.2) is 9.97 Å². The Balaban J connectivity index is 0.000000129. The lowest BCUT2D eigenvalue weighted by Gasteiger charge is -2.53. The summed E-state index contributed by atoms with van der Waals surface area (Å²) in [5, 5.41) is 16.7. The van der Waals surface area contributed by atoms with Gasteiger partial charge in [0.05, 0.1) is 32.5 Å². The lowest BCUT2D eigenvalue weighted by Crippen LogP contribution is -2.56. The van der Waals surface area contributed by atoms with Gasteiger partial charge in [-0.1, -0.05) is 0 Å². The Bertz CT molecular complexity index is 1380. The number of anilines is 3. The normalized spacial score (nSPS) is 29.7. The van der Waals surface area contributed by atoms with Crippen LogP contribution in [0.2, 0.25) is 5.28 Å². The molecular weight excluding hydrogens is 602 g/mol. The van der Waals surface area contributed by atoms with E-state index in [4.69, 9.17) is 21.1 Å². The fourth-order valence-corrected chi connectivity index (χ4v) is 10.0. The van der Waals surface area contributed by atoms with Gasteiger partial charge in [-0.05, 0) is 37.3 Å². The predicted molar refractivity (Wildman–Crippen MR) is 161 cm³/mol. The van der Waals surface area contributed by atoms with Gasteiger partial charge in [0.25, 0.3) is 9.79 Å². The summed E-state index contributed by atoms with van der Waals surface area (Å²) in [5.41, 5.74) is 2.68. The molecule has 0 aromatic carbocycles. The van der Waals surface area contributed by atoms with Crippen molar-refractivity contribution in [2.24, 2.45) is 10.8 Å². The van der Waals surface area contributed by atoms with E-state index in [0.717, 1.165) is 109 Å². The summed E-state index contributed by atoms with van der Waals surface area (Å²) in [6.45, 7) is 4.72. The van der Waals surface area contributed by atoms with Crippen LogP contribution in [0, 0.1) is 10.8 Å². The zero-order valence-electron chi connectivity index (χ0n) is 23.2. The lowest BCUT2D eigenvalue weighted by atomic mass is 9.64. The molecule has 0 bridgehead atoms. The third-order valence-corrected chi connectivity index (χ3v) is 12.7. The van der Waals surface area contributed by atoms with Crippen LogP contribution in [-0.2, 0) is 44.7 Å². The van der Waals surface area contributed by atoms with Crippen LogP contribution >= 0.6 is 11.6 Å². The van der Waals surface area contributed by atoms with Crippen molar-refractivity contribution in [3.8, 4) is 0 Å². The number of halogens is 1. The highest BCUT2D eigenvalue weighted by molar-refractivity contribution is 7.92. The van der Waals surface area contributed by atoms with Crippen LogP contribution in [0.25, 0.3) is 0 Å². The van der Waals surface area contributed by atoms with Gasteiger partial charge in [-0.2, -0.15) is 19.1 Å². The molecule has 15 heteroatoms. The topological polar surface area (TPSA) is 158 Å². The Morgan fingerprint density at radius 3 is 1.74 bits per heavy atom. The molecule has 5 aliphatic heterocycles. The monoisotopic (exact) mass is 637 g/mol. The maximum atomic E-state index is 10.3. The standard InChI is InChI=1S/C15H21N4O3S.C12H15ClN3O2S/c20-10-5-19(6-10)14-17-11-1-2-23(21)12(11)13(18-14)16-9-3-15(4-9)7-22-8-15;13-11-15-8-1-2-19(17)9(8)10(16-11)14-7-3-12(4-7)5-18-6-12/h9-10,20-21H,1-8H2,(H,16,17,18);7,17H,1-6H2,(H,14,15,16)/q2*+1. The van der Waals surface area contributed by atoms with Gasteiger partial charge in [0, 0.05) is 48.8 Å². The van der Waals surface area contributed by atoms with E-state index in [1.807, 2.05) is 4.90 Å². The summed E-state index contributed by atoms with van der Waals surface area (Å²) in [4.78, 5) is 21.5. The summed E-state index contributed by atoms with van der Waals surface area (Å²) < 4.78 is 31.0. The molecule has 5 N–H and O–H groups in total. The smallest absolute Gasteiger partial charge is 0.253 e. The van der Waals surface area contributed by atoms with Crippen molar-refractivity contribution in [1.29, 1.82) is 0 Å². The van der Waals surface area contributed by atoms with Crippen molar-refractivity contribution >= 4 is 51.5 Å². The molecular formula is C27H36ClN7O5S2+2. The van der Waals surface area contributed by atoms with Crippen LogP contribution in [0.15, 0.2) is 9.79 Å². The summed E-state index contributed by atoms with van der Waals surface area (Å²) in [6, 6.07) is 0.821. The Kier molecular flexibility index (Phi) is 6.95. The van der Waals surface area contributed by atoms with E-state index in [1.54, 1.807) is 0 Å². The molecule has 0 radical (unpaired) electrons. The van der Waals surface area contributed by atoms with Crippen LogP contribution < -0.4 is 15.5 Å². The number of nitrogens with zero attached hydrogens (tertiary/aromatic N) is 5. The number of aliphatic hydroxyl groups is 1. The SMILES string of the molecule is OC1CN(c2nc3c(c(NC4CC5(COC5)C4)n2)[S+](O)CC3)C1.O[S+]1CCc2nc(Cl)nc(NC3CC4(COC4)C3)c21. The second-order valence-corrected chi connectivity index (χ2v) is 16.4. The molecule has 42 heavy (non-hydrogen) atoms. The van der Waals surface area contributed by atoms with Gasteiger partial charge in [0.15, 0.2) is 45.5 Å². The van der Waals surface area contributed by atoms with Gasteiger partial charge in [0.1, 0.15) is 11.4 Å². The third kappa shape index (κ3) is 4.91. The number of aliphatic hydroxyl groups excluding tert-OH is 1. The van der Waals surface area contributed by atoms with E-state index in [0.29, 0.717) is 42.0 Å². The summed E-state index contributed by atoms with van der Waals surface area (Å²) in [7, 11) is 0. The molecule has 2 aliphatic carbocycles. The summed E-state index contributed by atoms with van der Waals surface area (Å²) >= 11 is 4.46. The molecule has 2 spiro atoms. The molecule has 12 nitrogen and oxygen atoms in total. The van der Waals surface area contributed by atoms with E-state index < -0.39 is 22.4 Å². The number of rotatable bonds is 5. The van der Waals surface area contributed by atoms with Crippen molar-refractivity contribution in [1.82, 2.24) is 19.9 Å². The highest BCUT2D eigenvalue weighted by atomic mass is 35.5. The average molecular weight is 638 g/mol. The molecule has 3 saturated heterocycles. The average Bonchev–Trinajstić information content (AvgIpc) is 3.41. The number of fused-ring (bicyclic) bond motifs is 2. The van der Waals surface area contributed by atoms with Crippen LogP contribution in [0.1, 0.15) is 37.1 Å². The zero-order valence-corrected chi connectivity index (χ0v) is 25.6. The summed E-state index contributed by atoms with van der Waals surface area (Å²) in [6.07, 6.45) is 5.77. The first kappa shape index (κ1) is 27.9. The first-order chi connectivity index (χ1) is 20.3. The van der Waals surface area contributed by atoms with Crippen LogP contribution in [-0.4, -0.2) is 103 Å². The molecule has 2 unspecified atom stereocenters. The molecule has 5 fully saturated rings. The minimum atomic E-state index is -0.753. The van der Waals surface area contributed by atoms with Crippen LogP contribution in [0.5, 0.6) is 0 Å². The number of β-amino-alcohol motifs (C(OH)–C–C–N with tert-alkyl or cyclic N) is 1. The van der Waals surface area contributed by atoms with E-state index in [1.165, 1.54) is 0 Å². The van der Waals surface area contributed by atoms with Crippen molar-refractivity contribution in [2.75, 3.05) is 66.6 Å². The van der Waals surface area contributed by atoms with Gasteiger partial charge in [-0.15, -0.1) is 0 Å². The molecule has 2 aromatic rings. The number of aromatic nitrogens is 4. The molecule has 0 amide bonds. The third-order valence-electron chi connectivity index (χ3n) is 9.55. The van der Waals surface area contributed by atoms with Crippen molar-refractivity contribution in [2.45, 2.75) is 66.5 Å². The number of aryl methyl sites for hydroxylation is 2. The predicted octanol–water partition coefficient (Wildman–Crippen LogP) is 1.98. The maximum absolute atomic E-state index is 10.3. The largest absolute Gasteiger partial charge is 0.389 e. The van der Waals surface area contributed by atoms with E-state index >= 15 is 0 Å². The second kappa shape index (κ2) is 10.5. The number of ether oxygens (including phenoxy) is 2. The minimum Gasteiger partial charge on any atom is -0.389 e. The fraction of sp³-hybridized carbons (Fsp3) is 0.704. The molecule has 9 rings (SSSR count). The summed E-state index contributed by atoms with van der Waals surface area (Å²) in [5.74, 6) is 3.69. The van der Waals surface area contributed by atoms with Crippen LogP contribution in [0.3, 0.4) is 0 Å². The van der Waals surface area contributed by atoms with Crippen molar-refractivity contribution < 1.29 is 23.7 Å². The molecule has 226 valence electrons. The first-order valence-corrected chi connectivity index (χ1v) is 17.7. The van der Waals surface area contributed by atoms with Crippen molar-refractivity contribution in [3.05, 3.63) is 16.7 Å². The van der Waals surface area contributed by atoms with Gasteiger partial charge in [0.2, 0.25) is 11.2 Å².